The van der Waals surface area contributed by atoms with E-state index in [9.17, 15) is 4.79 Å². The topological polar surface area (TPSA) is 82.0 Å². The molecule has 6 nitrogen and oxygen atoms in total. The van der Waals surface area contributed by atoms with Gasteiger partial charge in [-0.2, -0.15) is 5.26 Å². The van der Waals surface area contributed by atoms with Gasteiger partial charge in [0.2, 0.25) is 0 Å². The molecule has 1 aliphatic rings. The SMILES string of the molecule is COc1ccc(-c2ccc(C#N)cc2)c(C(=O)N2CCC[C@@]2(C)c2nc3c(C)c(Cl)ccc3[nH]2)c1F. The highest BCUT2D eigenvalue weighted by Gasteiger charge is 2.45. The van der Waals surface area contributed by atoms with E-state index in [-0.39, 0.29) is 11.3 Å². The Morgan fingerprint density at radius 2 is 1.97 bits per heavy atom. The molecule has 2 heterocycles. The van der Waals surface area contributed by atoms with Gasteiger partial charge in [-0.3, -0.25) is 4.79 Å². The fourth-order valence-corrected chi connectivity index (χ4v) is 5.15. The predicted octanol–water partition coefficient (Wildman–Crippen LogP) is 6.36. The molecule has 0 aliphatic carbocycles. The van der Waals surface area contributed by atoms with Crippen LogP contribution in [-0.2, 0) is 5.54 Å². The highest BCUT2D eigenvalue weighted by molar-refractivity contribution is 6.32. The molecule has 1 fully saturated rings. The van der Waals surface area contributed by atoms with Crippen molar-refractivity contribution in [3.8, 4) is 22.9 Å². The zero-order valence-corrected chi connectivity index (χ0v) is 20.9. The first-order valence-electron chi connectivity index (χ1n) is 11.6. The zero-order chi connectivity index (χ0) is 25.6. The van der Waals surface area contributed by atoms with Crippen molar-refractivity contribution in [3.05, 3.63) is 81.9 Å². The molecule has 5 rings (SSSR count). The van der Waals surface area contributed by atoms with Gasteiger partial charge in [0.1, 0.15) is 5.82 Å². The number of carbonyl (C=O) groups excluding carboxylic acids is 1. The van der Waals surface area contributed by atoms with E-state index in [4.69, 9.17) is 26.6 Å². The van der Waals surface area contributed by atoms with Crippen molar-refractivity contribution in [3.63, 3.8) is 0 Å². The number of aromatic nitrogens is 2. The fourth-order valence-electron chi connectivity index (χ4n) is 5.00. The number of amides is 1. The number of nitrogens with one attached hydrogen (secondary N) is 1. The second kappa shape index (κ2) is 8.96. The summed E-state index contributed by atoms with van der Waals surface area (Å²) in [6.45, 7) is 4.31. The molecule has 0 spiro atoms. The summed E-state index contributed by atoms with van der Waals surface area (Å²) >= 11 is 6.30. The molecule has 3 aromatic carbocycles. The summed E-state index contributed by atoms with van der Waals surface area (Å²) < 4.78 is 20.9. The van der Waals surface area contributed by atoms with Gasteiger partial charge in [-0.15, -0.1) is 0 Å². The lowest BCUT2D eigenvalue weighted by Gasteiger charge is -2.34. The molecule has 1 aliphatic heterocycles. The summed E-state index contributed by atoms with van der Waals surface area (Å²) in [6.07, 6.45) is 1.42. The van der Waals surface area contributed by atoms with Crippen molar-refractivity contribution in [1.29, 1.82) is 5.26 Å². The highest BCUT2D eigenvalue weighted by atomic mass is 35.5. The minimum Gasteiger partial charge on any atom is -0.494 e. The number of carbonyl (C=O) groups is 1. The van der Waals surface area contributed by atoms with Crippen LogP contribution in [0.4, 0.5) is 4.39 Å². The molecule has 1 atom stereocenters. The van der Waals surface area contributed by atoms with Crippen LogP contribution in [0.2, 0.25) is 5.02 Å². The Labute approximate surface area is 213 Å². The van der Waals surface area contributed by atoms with Crippen molar-refractivity contribution < 1.29 is 13.9 Å². The lowest BCUT2D eigenvalue weighted by molar-refractivity contribution is 0.0601. The Morgan fingerprint density at radius 1 is 1.22 bits per heavy atom. The first kappa shape index (κ1) is 23.8. The quantitative estimate of drug-likeness (QED) is 0.352. The molecule has 182 valence electrons. The Bertz CT molecular complexity index is 1540. The van der Waals surface area contributed by atoms with Crippen LogP contribution in [0.25, 0.3) is 22.2 Å². The van der Waals surface area contributed by atoms with Crippen LogP contribution in [0.15, 0.2) is 48.5 Å². The number of fused-ring (bicyclic) bond motifs is 1. The van der Waals surface area contributed by atoms with Crippen LogP contribution >= 0.6 is 11.6 Å². The second-order valence-corrected chi connectivity index (χ2v) is 9.59. The number of hydrogen-bond acceptors (Lipinski definition) is 4. The molecule has 1 saturated heterocycles. The Balaban J connectivity index is 1.63. The van der Waals surface area contributed by atoms with E-state index in [0.29, 0.717) is 40.5 Å². The molecular formula is C28H24ClFN4O2. The third-order valence-corrected chi connectivity index (χ3v) is 7.51. The highest BCUT2D eigenvalue weighted by Crippen LogP contribution is 2.41. The van der Waals surface area contributed by atoms with E-state index >= 15 is 4.39 Å². The molecule has 0 bridgehead atoms. The maximum Gasteiger partial charge on any atom is 0.258 e. The predicted molar refractivity (Wildman–Crippen MR) is 137 cm³/mol. The number of H-pyrrole nitrogens is 1. The molecular weight excluding hydrogens is 479 g/mol. The monoisotopic (exact) mass is 502 g/mol. The zero-order valence-electron chi connectivity index (χ0n) is 20.2. The third-order valence-electron chi connectivity index (χ3n) is 7.10. The number of ether oxygens (including phenoxy) is 1. The molecule has 0 radical (unpaired) electrons. The summed E-state index contributed by atoms with van der Waals surface area (Å²) in [5.41, 5.74) is 3.15. The van der Waals surface area contributed by atoms with Gasteiger partial charge in [-0.05, 0) is 79.8 Å². The number of nitriles is 1. The van der Waals surface area contributed by atoms with Crippen molar-refractivity contribution in [1.82, 2.24) is 14.9 Å². The first-order chi connectivity index (χ1) is 17.3. The van der Waals surface area contributed by atoms with Crippen molar-refractivity contribution >= 4 is 28.5 Å². The van der Waals surface area contributed by atoms with E-state index in [1.807, 2.05) is 26.0 Å². The van der Waals surface area contributed by atoms with Crippen LogP contribution in [0.3, 0.4) is 0 Å². The molecule has 36 heavy (non-hydrogen) atoms. The summed E-state index contributed by atoms with van der Waals surface area (Å²) in [5, 5.41) is 9.77. The van der Waals surface area contributed by atoms with Gasteiger partial charge in [-0.25, -0.2) is 9.37 Å². The number of likely N-dealkylation sites (tertiary alicyclic amines) is 1. The minimum absolute atomic E-state index is 0.00866. The van der Waals surface area contributed by atoms with Crippen molar-refractivity contribution in [2.45, 2.75) is 32.2 Å². The summed E-state index contributed by atoms with van der Waals surface area (Å²) in [5.74, 6) is -0.533. The minimum atomic E-state index is -0.771. The number of halogens is 2. The number of nitrogens with zero attached hydrogens (tertiary/aromatic N) is 3. The second-order valence-electron chi connectivity index (χ2n) is 9.18. The van der Waals surface area contributed by atoms with Gasteiger partial charge in [0.05, 0.1) is 40.9 Å². The van der Waals surface area contributed by atoms with Crippen LogP contribution in [0.5, 0.6) is 5.75 Å². The molecule has 1 aromatic heterocycles. The van der Waals surface area contributed by atoms with Gasteiger partial charge in [0, 0.05) is 11.6 Å². The Morgan fingerprint density at radius 3 is 2.67 bits per heavy atom. The normalized spacial score (nSPS) is 17.4. The number of aryl methyl sites for hydroxylation is 1. The van der Waals surface area contributed by atoms with E-state index in [2.05, 4.69) is 11.1 Å². The number of benzene rings is 3. The van der Waals surface area contributed by atoms with Crippen LogP contribution < -0.4 is 4.74 Å². The first-order valence-corrected chi connectivity index (χ1v) is 12.0. The molecule has 0 saturated carbocycles. The Kier molecular flexibility index (Phi) is 5.93. The number of methoxy groups -OCH3 is 1. The lowest BCUT2D eigenvalue weighted by Crippen LogP contribution is -2.44. The van der Waals surface area contributed by atoms with Crippen molar-refractivity contribution in [2.24, 2.45) is 0 Å². The van der Waals surface area contributed by atoms with Crippen LogP contribution in [0.1, 0.15) is 47.1 Å². The van der Waals surface area contributed by atoms with E-state index in [1.54, 1.807) is 35.2 Å². The number of imidazole rings is 1. The van der Waals surface area contributed by atoms with Gasteiger partial charge >= 0.3 is 0 Å². The van der Waals surface area contributed by atoms with Gasteiger partial charge in [0.15, 0.2) is 11.6 Å². The summed E-state index contributed by atoms with van der Waals surface area (Å²) in [7, 11) is 1.37. The maximum absolute atomic E-state index is 15.7. The molecule has 0 unspecified atom stereocenters. The number of rotatable bonds is 4. The van der Waals surface area contributed by atoms with Crippen molar-refractivity contribution in [2.75, 3.05) is 13.7 Å². The van der Waals surface area contributed by atoms with E-state index in [1.165, 1.54) is 13.2 Å². The van der Waals surface area contributed by atoms with Gasteiger partial charge < -0.3 is 14.6 Å². The molecule has 1 amide bonds. The van der Waals surface area contributed by atoms with Crippen LogP contribution in [-0.4, -0.2) is 34.4 Å². The maximum atomic E-state index is 15.7. The number of aromatic amines is 1. The van der Waals surface area contributed by atoms with Crippen LogP contribution in [0, 0.1) is 24.1 Å². The lowest BCUT2D eigenvalue weighted by atomic mass is 9.94. The average Bonchev–Trinajstić information content (AvgIpc) is 3.51. The average molecular weight is 503 g/mol. The Hall–Kier alpha value is -3.89. The molecule has 1 N–H and O–H groups in total. The number of hydrogen-bond donors (Lipinski definition) is 1. The molecule has 4 aromatic rings. The fraction of sp³-hybridized carbons (Fsp3) is 0.250. The molecule has 8 heteroatoms. The van der Waals surface area contributed by atoms with Gasteiger partial charge in [-0.1, -0.05) is 23.7 Å². The summed E-state index contributed by atoms with van der Waals surface area (Å²) in [4.78, 5) is 24.0. The van der Waals surface area contributed by atoms with E-state index < -0.39 is 17.3 Å². The standard InChI is InChI=1S/C28H24ClFN4O2/c1-16-20(29)10-11-21-25(16)33-27(32-21)28(2)13-4-14-34(28)26(35)23-19(9-12-22(36-3)24(23)30)18-7-5-17(15-31)6-8-18/h5-12H,4,13-14H2,1-3H3,(H,32,33)/t28-/m0/s1. The largest absolute Gasteiger partial charge is 0.494 e. The van der Waals surface area contributed by atoms with E-state index in [0.717, 1.165) is 23.0 Å². The van der Waals surface area contributed by atoms with Gasteiger partial charge in [0.25, 0.3) is 5.91 Å². The summed E-state index contributed by atoms with van der Waals surface area (Å²) in [6, 6.07) is 15.7. The third kappa shape index (κ3) is 3.69. The smallest absolute Gasteiger partial charge is 0.258 e.